The molecule has 3 aromatic heterocycles. The van der Waals surface area contributed by atoms with Gasteiger partial charge in [-0.2, -0.15) is 0 Å². The third kappa shape index (κ3) is 3.56. The second kappa shape index (κ2) is 7.50. The molecule has 2 amide bonds. The summed E-state index contributed by atoms with van der Waals surface area (Å²) >= 11 is 1.38. The maximum Gasteiger partial charge on any atom is 0.265 e. The van der Waals surface area contributed by atoms with Crippen LogP contribution in [0.3, 0.4) is 0 Å². The Morgan fingerprint density at radius 2 is 2.00 bits per heavy atom. The first kappa shape index (κ1) is 17.7. The molecule has 138 valence electrons. The summed E-state index contributed by atoms with van der Waals surface area (Å²) in [5.74, 6) is -0.432. The van der Waals surface area contributed by atoms with E-state index in [4.69, 9.17) is 0 Å². The molecule has 28 heavy (non-hydrogen) atoms. The zero-order valence-electron chi connectivity index (χ0n) is 14.7. The van der Waals surface area contributed by atoms with Crippen LogP contribution in [0.5, 0.6) is 0 Å². The number of nitrogens with one attached hydrogen (secondary N) is 3. The highest BCUT2D eigenvalue weighted by molar-refractivity contribution is 7.12. The Kier molecular flexibility index (Phi) is 4.74. The Morgan fingerprint density at radius 1 is 1.11 bits per heavy atom. The van der Waals surface area contributed by atoms with E-state index in [1.807, 2.05) is 48.0 Å². The van der Waals surface area contributed by atoms with Crippen molar-refractivity contribution in [2.24, 2.45) is 0 Å². The summed E-state index contributed by atoms with van der Waals surface area (Å²) in [5.41, 5.74) is 3.83. The van der Waals surface area contributed by atoms with Gasteiger partial charge in [-0.15, -0.1) is 11.3 Å². The number of rotatable bonds is 5. The highest BCUT2D eigenvalue weighted by atomic mass is 32.1. The molecule has 4 aromatic rings. The molecule has 7 heteroatoms. The number of H-pyrrole nitrogens is 1. The summed E-state index contributed by atoms with van der Waals surface area (Å²) < 4.78 is 0. The molecule has 4 rings (SSSR count). The number of hydrogen-bond donors (Lipinski definition) is 3. The first-order chi connectivity index (χ1) is 13.6. The number of pyridine rings is 1. The zero-order chi connectivity index (χ0) is 19.5. The molecule has 3 heterocycles. The smallest absolute Gasteiger partial charge is 0.265 e. The number of thiophene rings is 1. The van der Waals surface area contributed by atoms with Gasteiger partial charge in [-0.05, 0) is 41.3 Å². The van der Waals surface area contributed by atoms with Gasteiger partial charge in [0, 0.05) is 22.8 Å². The molecule has 1 aromatic carbocycles. The standard InChI is InChI=1S/C21H16N4O2S/c1-2-19(26)24-14-6-3-5-13(9-14)17-12-23-20-16(17)10-15(11-22-20)25-21(27)18-7-4-8-28-18/h2-12H,1H2,(H,22,23)(H,24,26)(H,25,27). The topological polar surface area (TPSA) is 86.9 Å². The Bertz CT molecular complexity index is 1180. The molecular weight excluding hydrogens is 372 g/mol. The predicted molar refractivity (Wildman–Crippen MR) is 113 cm³/mol. The Labute approximate surface area is 164 Å². The van der Waals surface area contributed by atoms with E-state index in [9.17, 15) is 9.59 Å². The molecule has 0 aliphatic heterocycles. The van der Waals surface area contributed by atoms with E-state index in [2.05, 4.69) is 27.2 Å². The number of anilines is 2. The number of aromatic nitrogens is 2. The molecule has 0 radical (unpaired) electrons. The third-order valence-electron chi connectivity index (χ3n) is 4.16. The second-order valence-corrected chi connectivity index (χ2v) is 6.98. The van der Waals surface area contributed by atoms with Crippen molar-refractivity contribution in [3.05, 3.63) is 77.8 Å². The maximum atomic E-state index is 12.3. The minimum atomic E-state index is -0.267. The van der Waals surface area contributed by atoms with Crippen molar-refractivity contribution in [3.63, 3.8) is 0 Å². The largest absolute Gasteiger partial charge is 0.346 e. The zero-order valence-corrected chi connectivity index (χ0v) is 15.5. The number of amides is 2. The quantitative estimate of drug-likeness (QED) is 0.434. The SMILES string of the molecule is C=CC(=O)Nc1cccc(-c2c[nH]c3ncc(NC(=O)c4cccs4)cc23)c1. The van der Waals surface area contributed by atoms with E-state index < -0.39 is 0 Å². The second-order valence-electron chi connectivity index (χ2n) is 6.03. The third-order valence-corrected chi connectivity index (χ3v) is 5.03. The molecule has 0 spiro atoms. The number of aromatic amines is 1. The van der Waals surface area contributed by atoms with Gasteiger partial charge in [0.1, 0.15) is 5.65 Å². The van der Waals surface area contributed by atoms with Crippen LogP contribution in [-0.4, -0.2) is 21.8 Å². The lowest BCUT2D eigenvalue weighted by Gasteiger charge is -2.07. The number of carbonyl (C=O) groups excluding carboxylic acids is 2. The molecule has 3 N–H and O–H groups in total. The van der Waals surface area contributed by atoms with Gasteiger partial charge in [0.2, 0.25) is 5.91 Å². The number of fused-ring (bicyclic) bond motifs is 1. The Hall–Kier alpha value is -3.71. The summed E-state index contributed by atoms with van der Waals surface area (Å²) in [6, 6.07) is 13.0. The summed E-state index contributed by atoms with van der Waals surface area (Å²) in [4.78, 5) is 32.0. The number of benzene rings is 1. The van der Waals surface area contributed by atoms with Crippen LogP contribution in [0.1, 0.15) is 9.67 Å². The fourth-order valence-electron chi connectivity index (χ4n) is 2.87. The van der Waals surface area contributed by atoms with Gasteiger partial charge in [0.25, 0.3) is 5.91 Å². The van der Waals surface area contributed by atoms with Crippen molar-refractivity contribution < 1.29 is 9.59 Å². The van der Waals surface area contributed by atoms with Gasteiger partial charge in [0.05, 0.1) is 16.8 Å². The minimum Gasteiger partial charge on any atom is -0.346 e. The Balaban J connectivity index is 1.67. The molecule has 6 nitrogen and oxygen atoms in total. The van der Waals surface area contributed by atoms with Crippen molar-refractivity contribution in [2.45, 2.75) is 0 Å². The highest BCUT2D eigenvalue weighted by Crippen LogP contribution is 2.31. The minimum absolute atomic E-state index is 0.164. The lowest BCUT2D eigenvalue weighted by atomic mass is 10.0. The number of carbonyl (C=O) groups is 2. The van der Waals surface area contributed by atoms with Crippen molar-refractivity contribution in [1.29, 1.82) is 0 Å². The van der Waals surface area contributed by atoms with Gasteiger partial charge in [-0.3, -0.25) is 9.59 Å². The van der Waals surface area contributed by atoms with Gasteiger partial charge in [-0.1, -0.05) is 24.8 Å². The van der Waals surface area contributed by atoms with Crippen LogP contribution < -0.4 is 10.6 Å². The van der Waals surface area contributed by atoms with Crippen molar-refractivity contribution in [3.8, 4) is 11.1 Å². The molecule has 0 atom stereocenters. The molecule has 0 bridgehead atoms. The van der Waals surface area contributed by atoms with Crippen LogP contribution in [-0.2, 0) is 4.79 Å². The normalized spacial score (nSPS) is 10.6. The van der Waals surface area contributed by atoms with E-state index in [1.165, 1.54) is 17.4 Å². The van der Waals surface area contributed by atoms with Gasteiger partial charge in [-0.25, -0.2) is 4.98 Å². The first-order valence-corrected chi connectivity index (χ1v) is 9.38. The summed E-state index contributed by atoms with van der Waals surface area (Å²) in [7, 11) is 0. The van der Waals surface area contributed by atoms with E-state index in [-0.39, 0.29) is 11.8 Å². The maximum absolute atomic E-state index is 12.3. The van der Waals surface area contributed by atoms with Crippen LogP contribution in [0.15, 0.2) is 72.9 Å². The van der Waals surface area contributed by atoms with Crippen LogP contribution in [0, 0.1) is 0 Å². The van der Waals surface area contributed by atoms with Crippen molar-refractivity contribution in [1.82, 2.24) is 9.97 Å². The number of nitrogens with zero attached hydrogens (tertiary/aromatic N) is 1. The molecule has 0 unspecified atom stereocenters. The molecule has 0 aliphatic carbocycles. The molecular formula is C21H16N4O2S. The monoisotopic (exact) mass is 388 g/mol. The van der Waals surface area contributed by atoms with Gasteiger partial charge < -0.3 is 15.6 Å². The number of hydrogen-bond acceptors (Lipinski definition) is 4. The van der Waals surface area contributed by atoms with Gasteiger partial charge >= 0.3 is 0 Å². The van der Waals surface area contributed by atoms with Crippen molar-refractivity contribution in [2.75, 3.05) is 10.6 Å². The summed E-state index contributed by atoms with van der Waals surface area (Å²) in [5, 5.41) is 8.36. The van der Waals surface area contributed by atoms with E-state index in [0.717, 1.165) is 16.5 Å². The van der Waals surface area contributed by atoms with Crippen LogP contribution in [0.25, 0.3) is 22.2 Å². The average molecular weight is 388 g/mol. The summed E-state index contributed by atoms with van der Waals surface area (Å²) in [6.07, 6.45) is 4.71. The molecule has 0 fully saturated rings. The van der Waals surface area contributed by atoms with Gasteiger partial charge in [0.15, 0.2) is 0 Å². The molecule has 0 saturated carbocycles. The van der Waals surface area contributed by atoms with E-state index in [0.29, 0.717) is 21.9 Å². The fraction of sp³-hybridized carbons (Fsp3) is 0. The lowest BCUT2D eigenvalue weighted by molar-refractivity contribution is -0.111. The average Bonchev–Trinajstić information content (AvgIpc) is 3.38. The Morgan fingerprint density at radius 3 is 2.79 bits per heavy atom. The lowest BCUT2D eigenvalue weighted by Crippen LogP contribution is -2.10. The van der Waals surface area contributed by atoms with Crippen LogP contribution in [0.2, 0.25) is 0 Å². The first-order valence-electron chi connectivity index (χ1n) is 8.50. The van der Waals surface area contributed by atoms with E-state index in [1.54, 1.807) is 12.3 Å². The highest BCUT2D eigenvalue weighted by Gasteiger charge is 2.12. The molecule has 0 aliphatic rings. The molecule has 0 saturated heterocycles. The van der Waals surface area contributed by atoms with Crippen molar-refractivity contribution >= 4 is 45.6 Å². The van der Waals surface area contributed by atoms with Crippen LogP contribution >= 0.6 is 11.3 Å². The van der Waals surface area contributed by atoms with Crippen LogP contribution in [0.4, 0.5) is 11.4 Å². The fourth-order valence-corrected chi connectivity index (χ4v) is 3.49. The predicted octanol–water partition coefficient (Wildman–Crippen LogP) is 4.67. The van der Waals surface area contributed by atoms with E-state index >= 15 is 0 Å². The summed E-state index contributed by atoms with van der Waals surface area (Å²) in [6.45, 7) is 3.46.